The quantitative estimate of drug-likeness (QED) is 0.401. The second kappa shape index (κ2) is 9.51. The Hall–Kier alpha value is -3.56. The highest BCUT2D eigenvalue weighted by Crippen LogP contribution is 2.43. The number of rotatable bonds is 8. The van der Waals surface area contributed by atoms with E-state index in [9.17, 15) is 24.6 Å². The number of hydrogen-bond donors (Lipinski definition) is 5. The smallest absolute Gasteiger partial charge is 0.326 e. The summed E-state index contributed by atoms with van der Waals surface area (Å²) in [6.45, 7) is 7.24. The average Bonchev–Trinajstić information content (AvgIpc) is 3.28. The standard InChI is InChI=1S/C23H30N4O6/c1-12-13(2)20-16(14(3)19(12)29)5-7-23(4,33-20)22(32)25-8-6-18(28)27-17(21(30)31)9-15-10-24-11-26-15/h10-11,17,29H,5-9H2,1-4H3,(H,24,26)(H,25,32)(H,27,28)(H,30,31)/t17-,23?/m1/s1. The molecule has 0 radical (unpaired) electrons. The lowest BCUT2D eigenvalue weighted by atomic mass is 9.86. The van der Waals surface area contributed by atoms with Gasteiger partial charge in [0.1, 0.15) is 17.5 Å². The number of hydrogen-bond acceptors (Lipinski definition) is 6. The molecule has 1 aromatic heterocycles. The number of nitrogens with one attached hydrogen (secondary N) is 3. The predicted octanol–water partition coefficient (Wildman–Crippen LogP) is 1.44. The Labute approximate surface area is 191 Å². The monoisotopic (exact) mass is 458 g/mol. The van der Waals surface area contributed by atoms with Crippen LogP contribution in [0.4, 0.5) is 0 Å². The molecule has 1 aromatic carbocycles. The van der Waals surface area contributed by atoms with Crippen molar-refractivity contribution in [1.82, 2.24) is 20.6 Å². The molecule has 5 N–H and O–H groups in total. The van der Waals surface area contributed by atoms with Crippen molar-refractivity contribution in [1.29, 1.82) is 0 Å². The third-order valence-electron chi connectivity index (χ3n) is 6.25. The number of amides is 2. The number of carbonyl (C=O) groups excluding carboxylic acids is 2. The SMILES string of the molecule is Cc1c(C)c2c(c(C)c1O)CCC(C)(C(=O)NCCC(=O)N[C@H](Cc1cnc[nH]1)C(=O)O)O2. The summed E-state index contributed by atoms with van der Waals surface area (Å²) < 4.78 is 6.13. The second-order valence-corrected chi connectivity index (χ2v) is 8.61. The van der Waals surface area contributed by atoms with Crippen molar-refractivity contribution in [3.63, 3.8) is 0 Å². The van der Waals surface area contributed by atoms with Crippen molar-refractivity contribution in [3.05, 3.63) is 40.5 Å². The zero-order valence-electron chi connectivity index (χ0n) is 19.2. The maximum absolute atomic E-state index is 12.9. The summed E-state index contributed by atoms with van der Waals surface area (Å²) in [4.78, 5) is 43.2. The Balaban J connectivity index is 1.56. The van der Waals surface area contributed by atoms with E-state index in [1.807, 2.05) is 20.8 Å². The number of fused-ring (bicyclic) bond motifs is 1. The molecule has 2 heterocycles. The molecule has 1 aliphatic rings. The first-order chi connectivity index (χ1) is 15.5. The van der Waals surface area contributed by atoms with E-state index in [2.05, 4.69) is 20.6 Å². The van der Waals surface area contributed by atoms with Crippen LogP contribution >= 0.6 is 0 Å². The van der Waals surface area contributed by atoms with Gasteiger partial charge in [-0.15, -0.1) is 0 Å². The zero-order chi connectivity index (χ0) is 24.3. The number of H-pyrrole nitrogens is 1. The Morgan fingerprint density at radius 1 is 1.24 bits per heavy atom. The van der Waals surface area contributed by atoms with Crippen LogP contribution in [-0.4, -0.2) is 56.2 Å². The number of aliphatic carboxylic acids is 1. The van der Waals surface area contributed by atoms with Crippen molar-refractivity contribution in [2.45, 2.75) is 65.0 Å². The van der Waals surface area contributed by atoms with E-state index in [-0.39, 0.29) is 31.0 Å². The molecule has 10 nitrogen and oxygen atoms in total. The number of carbonyl (C=O) groups is 3. The molecule has 1 unspecified atom stereocenters. The summed E-state index contributed by atoms with van der Waals surface area (Å²) in [7, 11) is 0. The number of phenolic OH excluding ortho intramolecular Hbond substituents is 1. The highest BCUT2D eigenvalue weighted by atomic mass is 16.5. The highest BCUT2D eigenvalue weighted by Gasteiger charge is 2.40. The van der Waals surface area contributed by atoms with Crippen LogP contribution in [0.1, 0.15) is 47.7 Å². The van der Waals surface area contributed by atoms with Crippen molar-refractivity contribution in [2.75, 3.05) is 6.54 Å². The molecular weight excluding hydrogens is 428 g/mol. The van der Waals surface area contributed by atoms with E-state index < -0.39 is 23.5 Å². The maximum atomic E-state index is 12.9. The summed E-state index contributed by atoms with van der Waals surface area (Å²) in [6, 6.07) is -1.10. The van der Waals surface area contributed by atoms with Gasteiger partial charge < -0.3 is 30.6 Å². The predicted molar refractivity (Wildman–Crippen MR) is 119 cm³/mol. The van der Waals surface area contributed by atoms with Crippen LogP contribution in [-0.2, 0) is 27.2 Å². The average molecular weight is 459 g/mol. The molecule has 0 aliphatic carbocycles. The molecule has 0 bridgehead atoms. The number of carboxylic acids is 1. The third-order valence-corrected chi connectivity index (χ3v) is 6.25. The summed E-state index contributed by atoms with van der Waals surface area (Å²) in [6.07, 6.45) is 3.94. The Morgan fingerprint density at radius 2 is 1.97 bits per heavy atom. The zero-order valence-corrected chi connectivity index (χ0v) is 19.2. The fourth-order valence-electron chi connectivity index (χ4n) is 3.97. The van der Waals surface area contributed by atoms with Gasteiger partial charge in [0.05, 0.1) is 6.33 Å². The van der Waals surface area contributed by atoms with Gasteiger partial charge in [-0.05, 0) is 50.8 Å². The van der Waals surface area contributed by atoms with E-state index >= 15 is 0 Å². The van der Waals surface area contributed by atoms with Gasteiger partial charge in [-0.25, -0.2) is 9.78 Å². The lowest BCUT2D eigenvalue weighted by Crippen LogP contribution is -2.51. The van der Waals surface area contributed by atoms with Gasteiger partial charge in [-0.3, -0.25) is 9.59 Å². The molecule has 2 amide bonds. The number of aromatic nitrogens is 2. The normalized spacial score (nSPS) is 18.1. The topological polar surface area (TPSA) is 154 Å². The number of benzene rings is 1. The highest BCUT2D eigenvalue weighted by molar-refractivity contribution is 5.87. The largest absolute Gasteiger partial charge is 0.507 e. The van der Waals surface area contributed by atoms with Crippen LogP contribution < -0.4 is 15.4 Å². The van der Waals surface area contributed by atoms with Crippen LogP contribution in [0, 0.1) is 20.8 Å². The molecular formula is C23H30N4O6. The summed E-state index contributed by atoms with van der Waals surface area (Å²) in [5.74, 6) is -1.12. The minimum atomic E-state index is -1.16. The van der Waals surface area contributed by atoms with Crippen molar-refractivity contribution in [3.8, 4) is 11.5 Å². The van der Waals surface area contributed by atoms with Crippen molar-refractivity contribution in [2.24, 2.45) is 0 Å². The lowest BCUT2D eigenvalue weighted by Gasteiger charge is -2.36. The molecule has 3 rings (SSSR count). The summed E-state index contributed by atoms with van der Waals surface area (Å²) in [5.41, 5.74) is 2.65. The van der Waals surface area contributed by atoms with Gasteiger partial charge in [-0.2, -0.15) is 0 Å². The molecule has 33 heavy (non-hydrogen) atoms. The molecule has 178 valence electrons. The summed E-state index contributed by atoms with van der Waals surface area (Å²) in [5, 5.41) is 24.8. The van der Waals surface area contributed by atoms with E-state index in [1.165, 1.54) is 12.5 Å². The number of ether oxygens (including phenoxy) is 1. The van der Waals surface area contributed by atoms with Gasteiger partial charge in [-0.1, -0.05) is 0 Å². The number of phenols is 1. The number of carboxylic acid groups (broad SMARTS) is 1. The van der Waals surface area contributed by atoms with E-state index in [1.54, 1.807) is 6.92 Å². The molecule has 0 fully saturated rings. The first-order valence-electron chi connectivity index (χ1n) is 10.8. The van der Waals surface area contributed by atoms with Crippen molar-refractivity contribution >= 4 is 17.8 Å². The molecule has 1 aliphatic heterocycles. The Morgan fingerprint density at radius 3 is 2.61 bits per heavy atom. The van der Waals surface area contributed by atoms with E-state index in [0.29, 0.717) is 24.3 Å². The van der Waals surface area contributed by atoms with Gasteiger partial charge in [0.25, 0.3) is 5.91 Å². The van der Waals surface area contributed by atoms with Gasteiger partial charge in [0.2, 0.25) is 5.91 Å². The lowest BCUT2D eigenvalue weighted by molar-refractivity contribution is -0.142. The first kappa shape index (κ1) is 24.1. The molecule has 0 saturated carbocycles. The fraction of sp³-hybridized carbons (Fsp3) is 0.478. The molecule has 0 spiro atoms. The van der Waals surface area contributed by atoms with Crippen LogP contribution in [0.2, 0.25) is 0 Å². The Kier molecular flexibility index (Phi) is 6.95. The maximum Gasteiger partial charge on any atom is 0.326 e. The van der Waals surface area contributed by atoms with Crippen LogP contribution in [0.15, 0.2) is 12.5 Å². The van der Waals surface area contributed by atoms with Crippen LogP contribution in [0.25, 0.3) is 0 Å². The minimum Gasteiger partial charge on any atom is -0.507 e. The Bertz CT molecular complexity index is 1070. The second-order valence-electron chi connectivity index (χ2n) is 8.61. The first-order valence-corrected chi connectivity index (χ1v) is 10.8. The van der Waals surface area contributed by atoms with Gasteiger partial charge >= 0.3 is 5.97 Å². The van der Waals surface area contributed by atoms with Crippen LogP contribution in [0.5, 0.6) is 11.5 Å². The molecule has 2 atom stereocenters. The number of aromatic hydroxyl groups is 1. The van der Waals surface area contributed by atoms with Gasteiger partial charge in [0, 0.05) is 43.3 Å². The molecule has 2 aromatic rings. The molecule has 10 heteroatoms. The number of aromatic amines is 1. The number of nitrogens with zero attached hydrogens (tertiary/aromatic N) is 1. The number of imidazole rings is 1. The summed E-state index contributed by atoms with van der Waals surface area (Å²) >= 11 is 0. The third kappa shape index (κ3) is 5.10. The molecule has 0 saturated heterocycles. The van der Waals surface area contributed by atoms with Crippen molar-refractivity contribution < 1.29 is 29.3 Å². The van der Waals surface area contributed by atoms with Gasteiger partial charge in [0.15, 0.2) is 5.60 Å². The van der Waals surface area contributed by atoms with E-state index in [4.69, 9.17) is 4.74 Å². The minimum absolute atomic E-state index is 0.0412. The van der Waals surface area contributed by atoms with Crippen LogP contribution in [0.3, 0.4) is 0 Å². The fourth-order valence-corrected chi connectivity index (χ4v) is 3.97. The van der Waals surface area contributed by atoms with E-state index in [0.717, 1.165) is 22.3 Å².